The van der Waals surface area contributed by atoms with Gasteiger partial charge in [0.15, 0.2) is 0 Å². The van der Waals surface area contributed by atoms with Gasteiger partial charge in [0.2, 0.25) is 0 Å². The molecule has 0 bridgehead atoms. The monoisotopic (exact) mass is 620 g/mol. The minimum atomic E-state index is -1.09. The van der Waals surface area contributed by atoms with E-state index in [9.17, 15) is 30.0 Å². The predicted molar refractivity (Wildman–Crippen MR) is 177 cm³/mol. The molecule has 0 radical (unpaired) electrons. The van der Waals surface area contributed by atoms with E-state index in [1.165, 1.54) is 51.0 Å². The first-order chi connectivity index (χ1) is 21.3. The summed E-state index contributed by atoms with van der Waals surface area (Å²) in [6.07, 6.45) is 28.0. The van der Waals surface area contributed by atoms with Crippen LogP contribution in [0.25, 0.3) is 0 Å². The maximum absolute atomic E-state index is 11.9. The molecule has 0 saturated heterocycles. The fourth-order valence-electron chi connectivity index (χ4n) is 4.19. The summed E-state index contributed by atoms with van der Waals surface area (Å²) >= 11 is 0. The fraction of sp³-hybridized carbons (Fsp3) is 0.667. The lowest BCUT2D eigenvalue weighted by atomic mass is 10.1. The van der Waals surface area contributed by atoms with Gasteiger partial charge in [-0.1, -0.05) is 132 Å². The molecule has 0 saturated carbocycles. The molecule has 0 aromatic carbocycles. The van der Waals surface area contributed by atoms with Crippen molar-refractivity contribution in [1.29, 1.82) is 0 Å². The smallest absolute Gasteiger partial charge is 0.305 e. The molecule has 0 aliphatic carbocycles. The van der Waals surface area contributed by atoms with E-state index in [0.717, 1.165) is 25.7 Å². The topological polar surface area (TPSA) is 134 Å². The first-order valence-electron chi connectivity index (χ1n) is 16.7. The number of allylic oxidation sites excluding steroid dienone is 7. The Kier molecular flexibility index (Phi) is 28.8. The Morgan fingerprint density at radius 2 is 1.11 bits per heavy atom. The van der Waals surface area contributed by atoms with E-state index in [-0.39, 0.29) is 32.0 Å². The van der Waals surface area contributed by atoms with Crippen LogP contribution < -0.4 is 0 Å². The summed E-state index contributed by atoms with van der Waals surface area (Å²) in [5, 5.41) is 39.9. The number of carbonyl (C=O) groups excluding carboxylic acids is 2. The standard InChI is InChI=1S/C36H60O8/c1-3-5-7-8-9-10-11-12-17-21-27-35(41)43-29-32(38)30-44-36(42)28-22-26-34(40)33(39)25-20-16-14-13-15-19-24-31(37)23-18-6-4-2/h6,13-16,18-20,24-25,31-34,37-40H,3-5,7-12,17,21-23,26-30H2,1-2H3/b15-13+,16-14-,18-6-,24-19+,25-20-/t31-,32+,33+,34+/m1/s1. The number of ether oxygens (including phenoxy) is 2. The maximum Gasteiger partial charge on any atom is 0.305 e. The van der Waals surface area contributed by atoms with Gasteiger partial charge in [-0.15, -0.1) is 0 Å². The Morgan fingerprint density at radius 1 is 0.614 bits per heavy atom. The molecule has 44 heavy (non-hydrogen) atoms. The highest BCUT2D eigenvalue weighted by atomic mass is 16.6. The second-order valence-electron chi connectivity index (χ2n) is 11.1. The molecule has 8 nitrogen and oxygen atoms in total. The Balaban J connectivity index is 3.89. The van der Waals surface area contributed by atoms with Crippen LogP contribution in [0.5, 0.6) is 0 Å². The second kappa shape index (κ2) is 30.5. The SMILES string of the molecule is CC/C=C\C[C@@H](O)/C=C/C=C/C=C\C=C/[C@H](O)[C@@H](O)CCCC(=O)OC[C@@H](O)COC(=O)CCCCCCCCCCCC. The van der Waals surface area contributed by atoms with Crippen LogP contribution in [0.3, 0.4) is 0 Å². The Labute approximate surface area is 266 Å². The number of aliphatic hydroxyl groups is 4. The maximum atomic E-state index is 11.9. The van der Waals surface area contributed by atoms with Crippen LogP contribution in [0.2, 0.25) is 0 Å². The van der Waals surface area contributed by atoms with Crippen molar-refractivity contribution < 1.29 is 39.5 Å². The molecule has 0 heterocycles. The summed E-state index contributed by atoms with van der Waals surface area (Å²) in [6, 6.07) is 0. The minimum absolute atomic E-state index is 0.0283. The zero-order valence-electron chi connectivity index (χ0n) is 27.2. The fourth-order valence-corrected chi connectivity index (χ4v) is 4.19. The third-order valence-corrected chi connectivity index (χ3v) is 6.86. The van der Waals surface area contributed by atoms with Crippen molar-refractivity contribution >= 4 is 11.9 Å². The Morgan fingerprint density at radius 3 is 1.68 bits per heavy atom. The number of carbonyl (C=O) groups is 2. The minimum Gasteiger partial charge on any atom is -0.463 e. The van der Waals surface area contributed by atoms with Crippen molar-refractivity contribution in [3.8, 4) is 0 Å². The van der Waals surface area contributed by atoms with Gasteiger partial charge < -0.3 is 29.9 Å². The lowest BCUT2D eigenvalue weighted by Gasteiger charge is -2.14. The first-order valence-corrected chi connectivity index (χ1v) is 16.7. The molecule has 0 amide bonds. The zero-order chi connectivity index (χ0) is 32.7. The summed E-state index contributed by atoms with van der Waals surface area (Å²) in [5.74, 6) is -0.894. The van der Waals surface area contributed by atoms with Gasteiger partial charge >= 0.3 is 11.9 Å². The molecule has 4 atom stereocenters. The van der Waals surface area contributed by atoms with Gasteiger partial charge in [-0.25, -0.2) is 0 Å². The second-order valence-corrected chi connectivity index (χ2v) is 11.1. The molecular formula is C36H60O8. The number of hydrogen-bond acceptors (Lipinski definition) is 8. The van der Waals surface area contributed by atoms with Crippen LogP contribution in [-0.4, -0.2) is 70.0 Å². The summed E-state index contributed by atoms with van der Waals surface area (Å²) in [6.45, 7) is 3.77. The van der Waals surface area contributed by atoms with E-state index < -0.39 is 30.4 Å². The molecule has 0 unspecified atom stereocenters. The van der Waals surface area contributed by atoms with Gasteiger partial charge in [0.25, 0.3) is 0 Å². The van der Waals surface area contributed by atoms with E-state index in [4.69, 9.17) is 9.47 Å². The summed E-state index contributed by atoms with van der Waals surface area (Å²) < 4.78 is 10.1. The molecule has 252 valence electrons. The van der Waals surface area contributed by atoms with Gasteiger partial charge in [-0.05, 0) is 32.1 Å². The molecule has 0 spiro atoms. The van der Waals surface area contributed by atoms with Crippen LogP contribution in [0.4, 0.5) is 0 Å². The highest BCUT2D eigenvalue weighted by molar-refractivity contribution is 5.69. The Bertz CT molecular complexity index is 845. The molecule has 0 fully saturated rings. The molecule has 0 rings (SSSR count). The van der Waals surface area contributed by atoms with Gasteiger partial charge in [0, 0.05) is 12.8 Å². The van der Waals surface area contributed by atoms with Gasteiger partial charge in [0.1, 0.15) is 19.3 Å². The largest absolute Gasteiger partial charge is 0.463 e. The number of unbranched alkanes of at least 4 members (excludes halogenated alkanes) is 9. The van der Waals surface area contributed by atoms with Crippen LogP contribution >= 0.6 is 0 Å². The third kappa shape index (κ3) is 28.3. The van der Waals surface area contributed by atoms with Crippen molar-refractivity contribution in [2.45, 2.75) is 141 Å². The van der Waals surface area contributed by atoms with Crippen molar-refractivity contribution in [2.24, 2.45) is 0 Å². The molecular weight excluding hydrogens is 560 g/mol. The van der Waals surface area contributed by atoms with E-state index in [0.29, 0.717) is 19.3 Å². The molecule has 4 N–H and O–H groups in total. The number of hydrogen-bond donors (Lipinski definition) is 4. The Hall–Kier alpha value is -2.52. The van der Waals surface area contributed by atoms with Gasteiger partial charge in [-0.2, -0.15) is 0 Å². The highest BCUT2D eigenvalue weighted by Crippen LogP contribution is 2.12. The van der Waals surface area contributed by atoms with Crippen LogP contribution in [0.15, 0.2) is 60.8 Å². The van der Waals surface area contributed by atoms with E-state index >= 15 is 0 Å². The number of rotatable bonds is 28. The molecule has 0 aromatic rings. The van der Waals surface area contributed by atoms with Crippen molar-refractivity contribution in [2.75, 3.05) is 13.2 Å². The zero-order valence-corrected chi connectivity index (χ0v) is 27.2. The third-order valence-electron chi connectivity index (χ3n) is 6.86. The van der Waals surface area contributed by atoms with E-state index in [1.807, 2.05) is 19.1 Å². The molecule has 0 aliphatic heterocycles. The van der Waals surface area contributed by atoms with Gasteiger partial charge in [-0.3, -0.25) is 9.59 Å². The number of aliphatic hydroxyl groups excluding tert-OH is 4. The average Bonchev–Trinajstić information content (AvgIpc) is 3.01. The normalized spacial score (nSPS) is 15.1. The molecule has 8 heteroatoms. The molecule has 0 aromatic heterocycles. The van der Waals surface area contributed by atoms with Crippen molar-refractivity contribution in [1.82, 2.24) is 0 Å². The van der Waals surface area contributed by atoms with Crippen molar-refractivity contribution in [3.05, 3.63) is 60.8 Å². The van der Waals surface area contributed by atoms with Gasteiger partial charge in [0.05, 0.1) is 18.3 Å². The van der Waals surface area contributed by atoms with Crippen LogP contribution in [0.1, 0.15) is 117 Å². The van der Waals surface area contributed by atoms with E-state index in [1.54, 1.807) is 42.5 Å². The first kappa shape index (κ1) is 41.5. The molecule has 0 aliphatic rings. The summed E-state index contributed by atoms with van der Waals surface area (Å²) in [4.78, 5) is 23.8. The van der Waals surface area contributed by atoms with Crippen LogP contribution in [0, 0.1) is 0 Å². The lowest BCUT2D eigenvalue weighted by molar-refractivity contribution is -0.152. The summed E-state index contributed by atoms with van der Waals surface area (Å²) in [7, 11) is 0. The highest BCUT2D eigenvalue weighted by Gasteiger charge is 2.15. The quantitative estimate of drug-likeness (QED) is 0.0334. The average molecular weight is 621 g/mol. The lowest BCUT2D eigenvalue weighted by Crippen LogP contribution is -2.26. The van der Waals surface area contributed by atoms with E-state index in [2.05, 4.69) is 6.92 Å². The predicted octanol–water partition coefficient (Wildman–Crippen LogP) is 6.58. The summed E-state index contributed by atoms with van der Waals surface area (Å²) in [5.41, 5.74) is 0. The van der Waals surface area contributed by atoms with Crippen molar-refractivity contribution in [3.63, 3.8) is 0 Å². The number of esters is 2. The van der Waals surface area contributed by atoms with Crippen LogP contribution in [-0.2, 0) is 19.1 Å².